The Bertz CT molecular complexity index is 1180. The molecule has 0 atom stereocenters. The number of aromatic nitrogens is 2. The molecular weight excluding hydrogens is 412 g/mol. The first kappa shape index (κ1) is 17.0. The molecule has 0 fully saturated rings. The molecule has 0 unspecified atom stereocenters. The van der Waals surface area contributed by atoms with Crippen LogP contribution >= 0.6 is 27.5 Å². The quantitative estimate of drug-likeness (QED) is 0.408. The second-order valence-electron chi connectivity index (χ2n) is 6.03. The lowest BCUT2D eigenvalue weighted by Crippen LogP contribution is -2.22. The van der Waals surface area contributed by atoms with Crippen molar-refractivity contribution in [3.63, 3.8) is 0 Å². The van der Waals surface area contributed by atoms with Gasteiger partial charge in [0.05, 0.1) is 16.6 Å². The van der Waals surface area contributed by atoms with Crippen LogP contribution in [0.5, 0.6) is 0 Å². The summed E-state index contributed by atoms with van der Waals surface area (Å²) in [6.45, 7) is 2.01. The molecule has 3 aromatic carbocycles. The first-order valence-electron chi connectivity index (χ1n) is 8.09. The van der Waals surface area contributed by atoms with Gasteiger partial charge < -0.3 is 0 Å². The van der Waals surface area contributed by atoms with E-state index in [0.717, 1.165) is 21.3 Å². The average molecular weight is 426 g/mol. The summed E-state index contributed by atoms with van der Waals surface area (Å²) in [5.74, 6) is 0.584. The summed E-state index contributed by atoms with van der Waals surface area (Å²) in [5, 5.41) is 1.23. The molecule has 0 saturated heterocycles. The van der Waals surface area contributed by atoms with Gasteiger partial charge in [0.1, 0.15) is 5.82 Å². The Kier molecular flexibility index (Phi) is 4.39. The van der Waals surface area contributed by atoms with Crippen LogP contribution in [0.2, 0.25) is 5.02 Å². The summed E-state index contributed by atoms with van der Waals surface area (Å²) >= 11 is 9.58. The SMILES string of the molecule is Cc1ccc(-n2c(-c3ccc(Cl)cc3)nc3ccccc3c2=O)cc1Br. The molecule has 0 N–H and O–H groups in total. The molecule has 5 heteroatoms. The third-order valence-electron chi connectivity index (χ3n) is 4.29. The number of benzene rings is 3. The largest absolute Gasteiger partial charge is 0.268 e. The van der Waals surface area contributed by atoms with E-state index in [1.54, 1.807) is 22.8 Å². The molecule has 0 saturated carbocycles. The Hall–Kier alpha value is -2.43. The molecule has 0 bridgehead atoms. The molecular formula is C21H14BrClN2O. The van der Waals surface area contributed by atoms with Crippen molar-refractivity contribution in [1.82, 2.24) is 9.55 Å². The highest BCUT2D eigenvalue weighted by atomic mass is 79.9. The van der Waals surface area contributed by atoms with E-state index in [2.05, 4.69) is 15.9 Å². The van der Waals surface area contributed by atoms with Gasteiger partial charge in [-0.3, -0.25) is 9.36 Å². The maximum Gasteiger partial charge on any atom is 0.266 e. The lowest BCUT2D eigenvalue weighted by molar-refractivity contribution is 0.973. The van der Waals surface area contributed by atoms with Crippen molar-refractivity contribution >= 4 is 38.4 Å². The smallest absolute Gasteiger partial charge is 0.266 e. The van der Waals surface area contributed by atoms with Crippen LogP contribution in [0.25, 0.3) is 28.0 Å². The van der Waals surface area contributed by atoms with Gasteiger partial charge in [-0.1, -0.05) is 45.7 Å². The molecule has 128 valence electrons. The number of nitrogens with zero attached hydrogens (tertiary/aromatic N) is 2. The van der Waals surface area contributed by atoms with Gasteiger partial charge in [0.15, 0.2) is 0 Å². The third-order valence-corrected chi connectivity index (χ3v) is 5.40. The van der Waals surface area contributed by atoms with Gasteiger partial charge in [-0.05, 0) is 61.0 Å². The summed E-state index contributed by atoms with van der Waals surface area (Å²) in [5.41, 5.74) is 3.26. The number of fused-ring (bicyclic) bond motifs is 1. The second kappa shape index (κ2) is 6.71. The Balaban J connectivity index is 2.10. The van der Waals surface area contributed by atoms with Gasteiger partial charge in [0.2, 0.25) is 0 Å². The second-order valence-corrected chi connectivity index (χ2v) is 7.32. The summed E-state index contributed by atoms with van der Waals surface area (Å²) in [6.07, 6.45) is 0. The van der Waals surface area contributed by atoms with Crippen molar-refractivity contribution < 1.29 is 0 Å². The maximum absolute atomic E-state index is 13.3. The Labute approximate surface area is 164 Å². The van der Waals surface area contributed by atoms with Crippen LogP contribution in [-0.4, -0.2) is 9.55 Å². The van der Waals surface area contributed by atoms with Crippen molar-refractivity contribution in [3.05, 3.63) is 92.1 Å². The minimum absolute atomic E-state index is 0.101. The molecule has 26 heavy (non-hydrogen) atoms. The van der Waals surface area contributed by atoms with E-state index < -0.39 is 0 Å². The van der Waals surface area contributed by atoms with Crippen molar-refractivity contribution in [2.45, 2.75) is 6.92 Å². The van der Waals surface area contributed by atoms with Crippen molar-refractivity contribution in [1.29, 1.82) is 0 Å². The van der Waals surface area contributed by atoms with Crippen LogP contribution in [0.15, 0.2) is 76.0 Å². The molecule has 0 amide bonds. The molecule has 1 aromatic heterocycles. The lowest BCUT2D eigenvalue weighted by atomic mass is 10.1. The van der Waals surface area contributed by atoms with E-state index in [9.17, 15) is 4.79 Å². The monoisotopic (exact) mass is 424 g/mol. The van der Waals surface area contributed by atoms with E-state index in [4.69, 9.17) is 16.6 Å². The van der Waals surface area contributed by atoms with E-state index in [1.165, 1.54) is 0 Å². The van der Waals surface area contributed by atoms with Gasteiger partial charge in [0.25, 0.3) is 5.56 Å². The number of para-hydroxylation sites is 1. The van der Waals surface area contributed by atoms with Gasteiger partial charge in [0, 0.05) is 15.1 Å². The first-order chi connectivity index (χ1) is 12.5. The predicted octanol–water partition coefficient (Wildman–Crippen LogP) is 5.78. The third kappa shape index (κ3) is 2.96. The van der Waals surface area contributed by atoms with Gasteiger partial charge in [-0.2, -0.15) is 0 Å². The highest BCUT2D eigenvalue weighted by Crippen LogP contribution is 2.26. The average Bonchev–Trinajstić information content (AvgIpc) is 2.65. The summed E-state index contributed by atoms with van der Waals surface area (Å²) in [6, 6.07) is 20.6. The fraction of sp³-hybridized carbons (Fsp3) is 0.0476. The predicted molar refractivity (Wildman–Crippen MR) is 110 cm³/mol. The minimum Gasteiger partial charge on any atom is -0.268 e. The summed E-state index contributed by atoms with van der Waals surface area (Å²) in [4.78, 5) is 18.0. The van der Waals surface area contributed by atoms with Crippen LogP contribution in [-0.2, 0) is 0 Å². The molecule has 3 nitrogen and oxygen atoms in total. The van der Waals surface area contributed by atoms with Crippen LogP contribution < -0.4 is 5.56 Å². The number of rotatable bonds is 2. The van der Waals surface area contributed by atoms with Gasteiger partial charge in [-0.15, -0.1) is 0 Å². The molecule has 1 heterocycles. The highest BCUT2D eigenvalue weighted by Gasteiger charge is 2.15. The minimum atomic E-state index is -0.101. The molecule has 4 aromatic rings. The van der Waals surface area contributed by atoms with Crippen molar-refractivity contribution in [2.24, 2.45) is 0 Å². The summed E-state index contributed by atoms with van der Waals surface area (Å²) < 4.78 is 2.59. The van der Waals surface area contributed by atoms with Crippen LogP contribution in [0.3, 0.4) is 0 Å². The zero-order valence-electron chi connectivity index (χ0n) is 13.9. The molecule has 0 aliphatic rings. The van der Waals surface area contributed by atoms with Crippen LogP contribution in [0.1, 0.15) is 5.56 Å². The Morgan fingerprint density at radius 3 is 2.46 bits per heavy atom. The number of hydrogen-bond donors (Lipinski definition) is 0. The van der Waals surface area contributed by atoms with E-state index in [1.807, 2.05) is 55.5 Å². The zero-order valence-corrected chi connectivity index (χ0v) is 16.3. The molecule has 0 radical (unpaired) electrons. The molecule has 0 aliphatic carbocycles. The Morgan fingerprint density at radius 1 is 1.00 bits per heavy atom. The van der Waals surface area contributed by atoms with Crippen molar-refractivity contribution in [3.8, 4) is 17.1 Å². The van der Waals surface area contributed by atoms with Gasteiger partial charge >= 0.3 is 0 Å². The highest BCUT2D eigenvalue weighted by molar-refractivity contribution is 9.10. The molecule has 0 aliphatic heterocycles. The van der Waals surface area contributed by atoms with E-state index in [0.29, 0.717) is 21.7 Å². The number of hydrogen-bond acceptors (Lipinski definition) is 2. The molecule has 0 spiro atoms. The fourth-order valence-electron chi connectivity index (χ4n) is 2.89. The number of halogens is 2. The van der Waals surface area contributed by atoms with E-state index >= 15 is 0 Å². The first-order valence-corrected chi connectivity index (χ1v) is 9.26. The topological polar surface area (TPSA) is 34.9 Å². The Morgan fingerprint density at radius 2 is 1.73 bits per heavy atom. The maximum atomic E-state index is 13.3. The lowest BCUT2D eigenvalue weighted by Gasteiger charge is -2.15. The number of aryl methyl sites for hydroxylation is 1. The van der Waals surface area contributed by atoms with E-state index in [-0.39, 0.29) is 5.56 Å². The normalized spacial score (nSPS) is 11.0. The van der Waals surface area contributed by atoms with Crippen LogP contribution in [0.4, 0.5) is 0 Å². The van der Waals surface area contributed by atoms with Crippen LogP contribution in [0, 0.1) is 6.92 Å². The standard InChI is InChI=1S/C21H14BrClN2O/c1-13-6-11-16(12-18(13)22)25-20(14-7-9-15(23)10-8-14)24-19-5-3-2-4-17(19)21(25)26/h2-12H,1H3. The molecule has 4 rings (SSSR count). The fourth-order valence-corrected chi connectivity index (χ4v) is 3.38. The summed E-state index contributed by atoms with van der Waals surface area (Å²) in [7, 11) is 0. The zero-order chi connectivity index (χ0) is 18.3. The van der Waals surface area contributed by atoms with Gasteiger partial charge in [-0.25, -0.2) is 4.98 Å². The van der Waals surface area contributed by atoms with Crippen molar-refractivity contribution in [2.75, 3.05) is 0 Å².